The van der Waals surface area contributed by atoms with Crippen LogP contribution in [0.2, 0.25) is 0 Å². The standard InChI is InChI=1S/C21H24N6/c1-15-5-7-18(8-6-15)20-17(3)25-27-19(13-16(2)24-21(20)27)23-9-4-11-26-12-10-22-14-26/h5-8,10,12-14,23H,4,9,11H2,1-3H3. The van der Waals surface area contributed by atoms with Crippen molar-refractivity contribution in [2.45, 2.75) is 33.7 Å². The number of hydrogen-bond acceptors (Lipinski definition) is 4. The van der Waals surface area contributed by atoms with Crippen LogP contribution in [0.5, 0.6) is 0 Å². The SMILES string of the molecule is Cc1ccc(-c2c(C)nn3c(NCCCn4ccnc4)cc(C)nc23)cc1. The Labute approximate surface area is 158 Å². The van der Waals surface area contributed by atoms with Gasteiger partial charge in [-0.25, -0.2) is 9.97 Å². The third kappa shape index (κ3) is 3.56. The van der Waals surface area contributed by atoms with E-state index in [1.807, 2.05) is 37.1 Å². The summed E-state index contributed by atoms with van der Waals surface area (Å²) in [4.78, 5) is 8.85. The summed E-state index contributed by atoms with van der Waals surface area (Å²) < 4.78 is 4.01. The van der Waals surface area contributed by atoms with Crippen LogP contribution in [0.4, 0.5) is 5.82 Å². The summed E-state index contributed by atoms with van der Waals surface area (Å²) >= 11 is 0. The van der Waals surface area contributed by atoms with Crippen molar-refractivity contribution in [1.82, 2.24) is 24.1 Å². The number of nitrogens with one attached hydrogen (secondary N) is 1. The Balaban J connectivity index is 1.62. The number of rotatable bonds is 6. The van der Waals surface area contributed by atoms with Crippen LogP contribution < -0.4 is 5.32 Å². The zero-order chi connectivity index (χ0) is 18.8. The minimum Gasteiger partial charge on any atom is -0.370 e. The van der Waals surface area contributed by atoms with Gasteiger partial charge >= 0.3 is 0 Å². The Bertz CT molecular complexity index is 1040. The average molecular weight is 360 g/mol. The Kier molecular flexibility index (Phi) is 4.62. The fourth-order valence-corrected chi connectivity index (χ4v) is 3.33. The van der Waals surface area contributed by atoms with Gasteiger partial charge in [0.25, 0.3) is 0 Å². The van der Waals surface area contributed by atoms with Crippen molar-refractivity contribution in [3.63, 3.8) is 0 Å². The predicted molar refractivity (Wildman–Crippen MR) is 108 cm³/mol. The molecule has 6 nitrogen and oxygen atoms in total. The Morgan fingerprint density at radius 1 is 1.07 bits per heavy atom. The predicted octanol–water partition coefficient (Wildman–Crippen LogP) is 4.02. The number of anilines is 1. The van der Waals surface area contributed by atoms with E-state index in [1.54, 1.807) is 0 Å². The van der Waals surface area contributed by atoms with Crippen LogP contribution in [-0.4, -0.2) is 30.7 Å². The molecule has 27 heavy (non-hydrogen) atoms. The molecular formula is C21H24N6. The third-order valence-electron chi connectivity index (χ3n) is 4.69. The largest absolute Gasteiger partial charge is 0.370 e. The van der Waals surface area contributed by atoms with Crippen molar-refractivity contribution in [3.05, 3.63) is 66.0 Å². The molecule has 4 rings (SSSR count). The zero-order valence-electron chi connectivity index (χ0n) is 16.0. The number of hydrogen-bond donors (Lipinski definition) is 1. The molecule has 0 spiro atoms. The van der Waals surface area contributed by atoms with Gasteiger partial charge in [0.2, 0.25) is 0 Å². The molecule has 0 aliphatic rings. The first-order chi connectivity index (χ1) is 13.1. The number of aryl methyl sites for hydroxylation is 4. The van der Waals surface area contributed by atoms with Gasteiger partial charge in [0.15, 0.2) is 5.65 Å². The highest BCUT2D eigenvalue weighted by molar-refractivity contribution is 5.81. The molecule has 0 bridgehead atoms. The molecule has 1 aromatic carbocycles. The lowest BCUT2D eigenvalue weighted by Crippen LogP contribution is -2.10. The zero-order valence-corrected chi connectivity index (χ0v) is 16.0. The highest BCUT2D eigenvalue weighted by atomic mass is 15.3. The molecule has 0 aliphatic heterocycles. The quantitative estimate of drug-likeness (QED) is 0.528. The second kappa shape index (κ2) is 7.23. The van der Waals surface area contributed by atoms with Gasteiger partial charge in [-0.15, -0.1) is 0 Å². The molecule has 1 N–H and O–H groups in total. The van der Waals surface area contributed by atoms with E-state index in [1.165, 1.54) is 5.56 Å². The van der Waals surface area contributed by atoms with Gasteiger partial charge in [-0.2, -0.15) is 9.61 Å². The highest BCUT2D eigenvalue weighted by Crippen LogP contribution is 2.29. The van der Waals surface area contributed by atoms with E-state index in [4.69, 9.17) is 10.1 Å². The van der Waals surface area contributed by atoms with E-state index < -0.39 is 0 Å². The molecule has 0 radical (unpaired) electrons. The van der Waals surface area contributed by atoms with E-state index in [2.05, 4.69) is 52.1 Å². The van der Waals surface area contributed by atoms with E-state index in [-0.39, 0.29) is 0 Å². The Hall–Kier alpha value is -3.15. The summed E-state index contributed by atoms with van der Waals surface area (Å²) in [5, 5.41) is 8.28. The summed E-state index contributed by atoms with van der Waals surface area (Å²) in [7, 11) is 0. The Morgan fingerprint density at radius 2 is 1.89 bits per heavy atom. The molecule has 3 heterocycles. The van der Waals surface area contributed by atoms with Crippen molar-refractivity contribution in [2.24, 2.45) is 0 Å². The number of fused-ring (bicyclic) bond motifs is 1. The molecular weight excluding hydrogens is 336 g/mol. The first kappa shape index (κ1) is 17.3. The summed E-state index contributed by atoms with van der Waals surface area (Å²) in [5.41, 5.74) is 6.36. The molecule has 4 aromatic rings. The number of imidazole rings is 1. The third-order valence-corrected chi connectivity index (χ3v) is 4.69. The summed E-state index contributed by atoms with van der Waals surface area (Å²) in [6, 6.07) is 10.6. The van der Waals surface area contributed by atoms with Crippen LogP contribution in [0.25, 0.3) is 16.8 Å². The molecule has 0 unspecified atom stereocenters. The topological polar surface area (TPSA) is 60.0 Å². The molecule has 0 saturated carbocycles. The molecule has 0 saturated heterocycles. The maximum absolute atomic E-state index is 4.77. The lowest BCUT2D eigenvalue weighted by atomic mass is 10.0. The van der Waals surface area contributed by atoms with Gasteiger partial charge in [0.05, 0.1) is 12.0 Å². The molecule has 0 aliphatic carbocycles. The molecule has 0 amide bonds. The van der Waals surface area contributed by atoms with Crippen molar-refractivity contribution in [1.29, 1.82) is 0 Å². The minimum absolute atomic E-state index is 0.857. The van der Waals surface area contributed by atoms with Crippen molar-refractivity contribution < 1.29 is 0 Å². The number of aromatic nitrogens is 5. The van der Waals surface area contributed by atoms with Crippen LogP contribution in [-0.2, 0) is 6.54 Å². The van der Waals surface area contributed by atoms with Crippen LogP contribution in [0.1, 0.15) is 23.4 Å². The maximum Gasteiger partial charge on any atom is 0.165 e. The van der Waals surface area contributed by atoms with Crippen LogP contribution in [0.3, 0.4) is 0 Å². The summed E-state index contributed by atoms with van der Waals surface area (Å²) in [6.45, 7) is 7.96. The van der Waals surface area contributed by atoms with Gasteiger partial charge in [-0.1, -0.05) is 29.8 Å². The molecule has 0 atom stereocenters. The first-order valence-electron chi connectivity index (χ1n) is 9.25. The van der Waals surface area contributed by atoms with Gasteiger partial charge in [-0.3, -0.25) is 0 Å². The maximum atomic E-state index is 4.77. The molecule has 0 fully saturated rings. The van der Waals surface area contributed by atoms with Gasteiger partial charge in [-0.05, 0) is 32.8 Å². The first-order valence-corrected chi connectivity index (χ1v) is 9.25. The average Bonchev–Trinajstić information content (AvgIpc) is 3.27. The fourth-order valence-electron chi connectivity index (χ4n) is 3.33. The van der Waals surface area contributed by atoms with Crippen LogP contribution in [0, 0.1) is 20.8 Å². The lowest BCUT2D eigenvalue weighted by molar-refractivity contribution is 0.659. The second-order valence-electron chi connectivity index (χ2n) is 6.93. The minimum atomic E-state index is 0.857. The van der Waals surface area contributed by atoms with E-state index in [0.717, 1.165) is 53.5 Å². The second-order valence-corrected chi connectivity index (χ2v) is 6.93. The van der Waals surface area contributed by atoms with Crippen LogP contribution >= 0.6 is 0 Å². The summed E-state index contributed by atoms with van der Waals surface area (Å²) in [5.74, 6) is 0.976. The molecule has 3 aromatic heterocycles. The summed E-state index contributed by atoms with van der Waals surface area (Å²) in [6.07, 6.45) is 6.64. The van der Waals surface area contributed by atoms with Crippen molar-refractivity contribution in [2.75, 3.05) is 11.9 Å². The Morgan fingerprint density at radius 3 is 2.63 bits per heavy atom. The number of benzene rings is 1. The van der Waals surface area contributed by atoms with Gasteiger partial charge in [0.1, 0.15) is 5.82 Å². The van der Waals surface area contributed by atoms with Gasteiger partial charge < -0.3 is 9.88 Å². The number of nitrogens with zero attached hydrogens (tertiary/aromatic N) is 5. The van der Waals surface area contributed by atoms with Crippen molar-refractivity contribution in [3.8, 4) is 11.1 Å². The van der Waals surface area contributed by atoms with Gasteiger partial charge in [0, 0.05) is 42.8 Å². The smallest absolute Gasteiger partial charge is 0.165 e. The monoisotopic (exact) mass is 360 g/mol. The molecule has 6 heteroatoms. The lowest BCUT2D eigenvalue weighted by Gasteiger charge is -2.10. The van der Waals surface area contributed by atoms with E-state index in [9.17, 15) is 0 Å². The normalized spacial score (nSPS) is 11.2. The molecule has 138 valence electrons. The van der Waals surface area contributed by atoms with Crippen molar-refractivity contribution >= 4 is 11.5 Å². The van der Waals surface area contributed by atoms with Crippen LogP contribution in [0.15, 0.2) is 49.1 Å². The van der Waals surface area contributed by atoms with E-state index >= 15 is 0 Å². The highest BCUT2D eigenvalue weighted by Gasteiger charge is 2.15. The van der Waals surface area contributed by atoms with E-state index in [0.29, 0.717) is 0 Å². The fraction of sp³-hybridized carbons (Fsp3) is 0.286.